The van der Waals surface area contributed by atoms with E-state index in [-0.39, 0.29) is 17.5 Å². The van der Waals surface area contributed by atoms with Gasteiger partial charge in [0.25, 0.3) is 11.8 Å². The van der Waals surface area contributed by atoms with Gasteiger partial charge in [0.15, 0.2) is 0 Å². The van der Waals surface area contributed by atoms with Crippen LogP contribution in [0.3, 0.4) is 0 Å². The number of rotatable bonds is 8. The topological polar surface area (TPSA) is 95.5 Å². The molecule has 11 heteroatoms. The highest BCUT2D eigenvalue weighted by Gasteiger charge is 2.30. The van der Waals surface area contributed by atoms with Crippen molar-refractivity contribution in [2.24, 2.45) is 0 Å². The summed E-state index contributed by atoms with van der Waals surface area (Å²) in [7, 11) is 0. The second-order valence-corrected chi connectivity index (χ2v) is 8.71. The van der Waals surface area contributed by atoms with Crippen LogP contribution in [0.5, 0.6) is 0 Å². The molecule has 0 spiro atoms. The maximum absolute atomic E-state index is 13.2. The van der Waals surface area contributed by atoms with Crippen LogP contribution in [0.15, 0.2) is 78.5 Å². The summed E-state index contributed by atoms with van der Waals surface area (Å²) in [5, 5.41) is 15.1. The highest BCUT2D eigenvalue weighted by Crippen LogP contribution is 2.30. The number of halogens is 5. The Kier molecular flexibility index (Phi) is 8.96. The molecule has 2 amide bonds. The van der Waals surface area contributed by atoms with Crippen molar-refractivity contribution >= 4 is 47.1 Å². The maximum atomic E-state index is 13.2. The molecule has 6 nitrogen and oxygen atoms in total. The molecule has 0 aliphatic heterocycles. The molecule has 0 bridgehead atoms. The van der Waals surface area contributed by atoms with Crippen molar-refractivity contribution in [3.63, 3.8) is 0 Å². The van der Waals surface area contributed by atoms with Gasteiger partial charge in [-0.25, -0.2) is 4.79 Å². The van der Waals surface area contributed by atoms with Crippen LogP contribution in [0.2, 0.25) is 10.0 Å². The predicted molar refractivity (Wildman–Crippen MR) is 133 cm³/mol. The zero-order valence-electron chi connectivity index (χ0n) is 18.9. The highest BCUT2D eigenvalue weighted by atomic mass is 35.5. The number of benzene rings is 3. The summed E-state index contributed by atoms with van der Waals surface area (Å²) in [5.74, 6) is -3.12. The number of carbonyl (C=O) groups is 3. The fraction of sp³-hybridized carbons (Fsp3) is 0.115. The van der Waals surface area contributed by atoms with Crippen molar-refractivity contribution in [2.45, 2.75) is 18.6 Å². The van der Waals surface area contributed by atoms with Gasteiger partial charge in [0.1, 0.15) is 11.7 Å². The largest absolute Gasteiger partial charge is 0.480 e. The van der Waals surface area contributed by atoms with Crippen molar-refractivity contribution in [1.29, 1.82) is 0 Å². The van der Waals surface area contributed by atoms with Crippen molar-refractivity contribution in [3.05, 3.63) is 111 Å². The van der Waals surface area contributed by atoms with Gasteiger partial charge < -0.3 is 15.7 Å². The number of alkyl halides is 3. The van der Waals surface area contributed by atoms with Crippen LogP contribution in [0.4, 0.5) is 13.2 Å². The lowest BCUT2D eigenvalue weighted by atomic mass is 10.1. The molecule has 3 N–H and O–H groups in total. The number of hydrogen-bond donors (Lipinski definition) is 3. The number of amides is 2. The van der Waals surface area contributed by atoms with Crippen molar-refractivity contribution in [3.8, 4) is 0 Å². The lowest BCUT2D eigenvalue weighted by molar-refractivity contribution is -0.141. The second kappa shape index (κ2) is 11.9. The van der Waals surface area contributed by atoms with E-state index in [1.807, 2.05) is 0 Å². The SMILES string of the molecule is O=C(N[C@@H](Cc1ccc(Cl)cc1)C(=O)O)/C(=C\c1cccc(C(F)(F)F)c1)NC(=O)c1ccc(Cl)cc1. The Labute approximate surface area is 219 Å². The Bertz CT molecular complexity index is 1320. The molecule has 1 atom stereocenters. The number of aliphatic carboxylic acids is 1. The lowest BCUT2D eigenvalue weighted by Crippen LogP contribution is -2.45. The van der Waals surface area contributed by atoms with Crippen LogP contribution < -0.4 is 10.6 Å². The molecule has 3 rings (SSSR count). The van der Waals surface area contributed by atoms with Gasteiger partial charge in [0.05, 0.1) is 5.56 Å². The maximum Gasteiger partial charge on any atom is 0.416 e. The molecular weight excluding hydrogens is 532 g/mol. The summed E-state index contributed by atoms with van der Waals surface area (Å²) >= 11 is 11.7. The van der Waals surface area contributed by atoms with Crippen molar-refractivity contribution in [1.82, 2.24) is 10.6 Å². The Morgan fingerprint density at radius 3 is 2.08 bits per heavy atom. The van der Waals surface area contributed by atoms with Crippen LogP contribution >= 0.6 is 23.2 Å². The average Bonchev–Trinajstić information content (AvgIpc) is 2.84. The first kappa shape index (κ1) is 27.8. The molecule has 0 unspecified atom stereocenters. The Hall–Kier alpha value is -3.82. The molecule has 0 aliphatic rings. The van der Waals surface area contributed by atoms with Gasteiger partial charge in [-0.3, -0.25) is 9.59 Å². The highest BCUT2D eigenvalue weighted by molar-refractivity contribution is 6.30. The minimum Gasteiger partial charge on any atom is -0.480 e. The van der Waals surface area contributed by atoms with E-state index in [1.165, 1.54) is 30.3 Å². The van der Waals surface area contributed by atoms with Gasteiger partial charge >= 0.3 is 12.1 Å². The van der Waals surface area contributed by atoms with Crippen molar-refractivity contribution < 1.29 is 32.7 Å². The number of carboxylic acid groups (broad SMARTS) is 1. The summed E-state index contributed by atoms with van der Waals surface area (Å²) in [6.45, 7) is 0. The van der Waals surface area contributed by atoms with Crippen LogP contribution in [-0.2, 0) is 22.2 Å². The number of carboxylic acids is 1. The van der Waals surface area contributed by atoms with E-state index in [2.05, 4.69) is 10.6 Å². The molecule has 37 heavy (non-hydrogen) atoms. The third kappa shape index (κ3) is 8.09. The van der Waals surface area contributed by atoms with Gasteiger partial charge in [-0.15, -0.1) is 0 Å². The second-order valence-electron chi connectivity index (χ2n) is 7.84. The van der Waals surface area contributed by atoms with E-state index >= 15 is 0 Å². The van der Waals surface area contributed by atoms with Crippen LogP contribution in [-0.4, -0.2) is 28.9 Å². The molecule has 0 radical (unpaired) electrons. The molecule has 0 fully saturated rings. The van der Waals surface area contributed by atoms with Crippen LogP contribution in [0, 0.1) is 0 Å². The minimum absolute atomic E-state index is 0.0408. The Morgan fingerprint density at radius 1 is 0.919 bits per heavy atom. The molecule has 0 aliphatic carbocycles. The fourth-order valence-electron chi connectivity index (χ4n) is 3.22. The smallest absolute Gasteiger partial charge is 0.416 e. The van der Waals surface area contributed by atoms with Crippen LogP contribution in [0.25, 0.3) is 6.08 Å². The predicted octanol–water partition coefficient (Wildman–Crippen LogP) is 5.60. The quantitative estimate of drug-likeness (QED) is 0.318. The zero-order valence-corrected chi connectivity index (χ0v) is 20.4. The minimum atomic E-state index is -4.63. The molecule has 0 saturated heterocycles. The van der Waals surface area contributed by atoms with Gasteiger partial charge in [-0.1, -0.05) is 47.5 Å². The van der Waals surface area contributed by atoms with E-state index in [0.29, 0.717) is 15.6 Å². The molecule has 3 aromatic carbocycles. The fourth-order valence-corrected chi connectivity index (χ4v) is 3.47. The summed E-state index contributed by atoms with van der Waals surface area (Å²) in [6, 6.07) is 14.6. The number of nitrogens with one attached hydrogen (secondary N) is 2. The van der Waals surface area contributed by atoms with Gasteiger partial charge in [0, 0.05) is 22.0 Å². The van der Waals surface area contributed by atoms with Gasteiger partial charge in [-0.05, 0) is 65.7 Å². The zero-order chi connectivity index (χ0) is 27.2. The summed E-state index contributed by atoms with van der Waals surface area (Å²) in [5.41, 5.74) is -0.785. The normalized spacial score (nSPS) is 12.5. The molecule has 0 heterocycles. The Balaban J connectivity index is 1.92. The molecule has 3 aromatic rings. The summed E-state index contributed by atoms with van der Waals surface area (Å²) in [4.78, 5) is 37.7. The summed E-state index contributed by atoms with van der Waals surface area (Å²) < 4.78 is 39.5. The molecule has 0 aromatic heterocycles. The van der Waals surface area contributed by atoms with Gasteiger partial charge in [-0.2, -0.15) is 13.2 Å². The lowest BCUT2D eigenvalue weighted by Gasteiger charge is -2.17. The third-order valence-electron chi connectivity index (χ3n) is 5.08. The monoisotopic (exact) mass is 550 g/mol. The summed E-state index contributed by atoms with van der Waals surface area (Å²) in [6.07, 6.45) is -3.72. The van der Waals surface area contributed by atoms with Gasteiger partial charge in [0.2, 0.25) is 0 Å². The third-order valence-corrected chi connectivity index (χ3v) is 5.58. The number of carbonyl (C=O) groups excluding carboxylic acids is 2. The average molecular weight is 551 g/mol. The van der Waals surface area contributed by atoms with E-state index in [4.69, 9.17) is 23.2 Å². The molecular formula is C26H19Cl2F3N2O4. The first-order valence-electron chi connectivity index (χ1n) is 10.7. The first-order chi connectivity index (χ1) is 17.4. The van der Waals surface area contributed by atoms with E-state index in [9.17, 15) is 32.7 Å². The Morgan fingerprint density at radius 2 is 1.51 bits per heavy atom. The number of hydrogen-bond acceptors (Lipinski definition) is 3. The standard InChI is InChI=1S/C26H19Cl2F3N2O4/c27-19-8-4-15(5-9-19)13-22(25(36)37)33-24(35)21(32-23(34)17-6-10-20(28)11-7-17)14-16-2-1-3-18(12-16)26(29,30)31/h1-12,14,22H,13H2,(H,32,34)(H,33,35)(H,36,37)/b21-14+/t22-/m0/s1. The molecule has 0 saturated carbocycles. The molecule has 192 valence electrons. The van der Waals surface area contributed by atoms with E-state index in [1.54, 1.807) is 24.3 Å². The van der Waals surface area contributed by atoms with E-state index < -0.39 is 41.3 Å². The van der Waals surface area contributed by atoms with E-state index in [0.717, 1.165) is 24.3 Å². The van der Waals surface area contributed by atoms with Crippen LogP contribution in [0.1, 0.15) is 27.0 Å². The van der Waals surface area contributed by atoms with Crippen molar-refractivity contribution in [2.75, 3.05) is 0 Å². The first-order valence-corrected chi connectivity index (χ1v) is 11.4.